The number of esters is 1. The minimum absolute atomic E-state index is 0.0449. The van der Waals surface area contributed by atoms with Crippen LogP contribution in [0.2, 0.25) is 5.02 Å². The first-order chi connectivity index (χ1) is 13.9. The van der Waals surface area contributed by atoms with Crippen molar-refractivity contribution in [2.75, 3.05) is 11.3 Å². The van der Waals surface area contributed by atoms with E-state index in [1.807, 2.05) is 18.2 Å². The van der Waals surface area contributed by atoms with Crippen LogP contribution in [0.1, 0.15) is 17.3 Å². The van der Waals surface area contributed by atoms with Gasteiger partial charge in [0.05, 0.1) is 27.8 Å². The maximum absolute atomic E-state index is 12.6. The van der Waals surface area contributed by atoms with Gasteiger partial charge in [-0.1, -0.05) is 29.8 Å². The molecule has 0 saturated carbocycles. The van der Waals surface area contributed by atoms with Crippen molar-refractivity contribution in [1.29, 1.82) is 0 Å². The molecule has 6 nitrogen and oxygen atoms in total. The lowest BCUT2D eigenvalue weighted by molar-refractivity contribution is 0.0526. The minimum atomic E-state index is -3.87. The Kier molecular flexibility index (Phi) is 6.41. The largest absolute Gasteiger partial charge is 0.462 e. The van der Waals surface area contributed by atoms with E-state index in [-0.39, 0.29) is 27.8 Å². The molecule has 3 aromatic rings. The predicted octanol–water partition coefficient (Wildman–Crippen LogP) is 5.11. The molecule has 8 heteroatoms. The fraction of sp³-hybridized carbons (Fsp3) is 0.0952. The Hall–Kier alpha value is -3.03. The van der Waals surface area contributed by atoms with E-state index in [2.05, 4.69) is 4.72 Å². The second-order valence-electron chi connectivity index (χ2n) is 5.91. The fourth-order valence-electron chi connectivity index (χ4n) is 2.45. The number of hydrogen-bond acceptors (Lipinski definition) is 5. The number of ether oxygens (including phenoxy) is 2. The highest BCUT2D eigenvalue weighted by Gasteiger charge is 2.17. The van der Waals surface area contributed by atoms with Crippen LogP contribution in [-0.2, 0) is 14.8 Å². The maximum Gasteiger partial charge on any atom is 0.338 e. The Morgan fingerprint density at radius 1 is 0.966 bits per heavy atom. The van der Waals surface area contributed by atoms with Gasteiger partial charge in [0.15, 0.2) is 0 Å². The second-order valence-corrected chi connectivity index (χ2v) is 8.00. The van der Waals surface area contributed by atoms with Gasteiger partial charge in [-0.3, -0.25) is 4.72 Å². The van der Waals surface area contributed by atoms with Crippen LogP contribution in [0.15, 0.2) is 77.7 Å². The van der Waals surface area contributed by atoms with Crippen molar-refractivity contribution in [2.24, 2.45) is 0 Å². The quantitative estimate of drug-likeness (QED) is 0.525. The highest BCUT2D eigenvalue weighted by molar-refractivity contribution is 7.92. The van der Waals surface area contributed by atoms with Crippen LogP contribution < -0.4 is 9.46 Å². The molecule has 1 N–H and O–H groups in total. The predicted molar refractivity (Wildman–Crippen MR) is 111 cm³/mol. The molecule has 150 valence electrons. The topological polar surface area (TPSA) is 81.7 Å². The lowest BCUT2D eigenvalue weighted by atomic mass is 10.2. The first kappa shape index (κ1) is 20.7. The molecule has 0 bridgehead atoms. The summed E-state index contributed by atoms with van der Waals surface area (Å²) >= 11 is 6.13. The number of halogens is 1. The van der Waals surface area contributed by atoms with Gasteiger partial charge in [0.2, 0.25) is 0 Å². The van der Waals surface area contributed by atoms with Crippen molar-refractivity contribution in [1.82, 2.24) is 0 Å². The minimum Gasteiger partial charge on any atom is -0.462 e. The molecule has 0 aliphatic rings. The molecular weight excluding hydrogens is 414 g/mol. The van der Waals surface area contributed by atoms with E-state index in [1.54, 1.807) is 31.2 Å². The van der Waals surface area contributed by atoms with Gasteiger partial charge in [0, 0.05) is 0 Å². The van der Waals surface area contributed by atoms with Gasteiger partial charge in [0.25, 0.3) is 10.0 Å². The smallest absolute Gasteiger partial charge is 0.338 e. The normalized spacial score (nSPS) is 11.0. The number of carbonyl (C=O) groups excluding carboxylic acids is 1. The number of hydrogen-bond donors (Lipinski definition) is 1. The van der Waals surface area contributed by atoms with Crippen molar-refractivity contribution in [2.45, 2.75) is 11.8 Å². The van der Waals surface area contributed by atoms with Crippen LogP contribution >= 0.6 is 11.6 Å². The van der Waals surface area contributed by atoms with Crippen molar-refractivity contribution in [3.8, 4) is 11.5 Å². The molecule has 0 aromatic heterocycles. The molecule has 0 spiro atoms. The van der Waals surface area contributed by atoms with Crippen molar-refractivity contribution >= 4 is 33.3 Å². The van der Waals surface area contributed by atoms with E-state index in [0.29, 0.717) is 11.5 Å². The molecule has 0 aliphatic heterocycles. The van der Waals surface area contributed by atoms with Crippen molar-refractivity contribution < 1.29 is 22.7 Å². The molecule has 3 aromatic carbocycles. The summed E-state index contributed by atoms with van der Waals surface area (Å²) in [5.74, 6) is 0.625. The molecule has 0 saturated heterocycles. The summed E-state index contributed by atoms with van der Waals surface area (Å²) in [5, 5.41) is 0.0863. The number of nitrogens with one attached hydrogen (secondary N) is 1. The van der Waals surface area contributed by atoms with Crippen LogP contribution in [0.5, 0.6) is 11.5 Å². The van der Waals surface area contributed by atoms with Gasteiger partial charge in [-0.25, -0.2) is 13.2 Å². The van der Waals surface area contributed by atoms with Crippen LogP contribution in [0.25, 0.3) is 0 Å². The monoisotopic (exact) mass is 431 g/mol. The molecule has 3 rings (SSSR count). The average molecular weight is 432 g/mol. The van der Waals surface area contributed by atoms with Gasteiger partial charge in [0.1, 0.15) is 11.5 Å². The number of rotatable bonds is 7. The summed E-state index contributed by atoms with van der Waals surface area (Å²) < 4.78 is 38.3. The highest BCUT2D eigenvalue weighted by atomic mass is 35.5. The van der Waals surface area contributed by atoms with Gasteiger partial charge < -0.3 is 9.47 Å². The molecule has 0 amide bonds. The standard InChI is InChI=1S/C21H18ClNO5S/c1-2-27-21(24)15-8-13-20(19(22)14-15)23-29(25,26)18-11-9-17(10-12-18)28-16-6-4-3-5-7-16/h3-14,23H,2H2,1H3. The summed E-state index contributed by atoms with van der Waals surface area (Å²) in [6.45, 7) is 1.92. The summed E-state index contributed by atoms with van der Waals surface area (Å²) in [5.41, 5.74) is 0.395. The van der Waals surface area contributed by atoms with Gasteiger partial charge >= 0.3 is 5.97 Å². The van der Waals surface area contributed by atoms with Gasteiger partial charge in [-0.2, -0.15) is 0 Å². The summed E-state index contributed by atoms with van der Waals surface area (Å²) in [7, 11) is -3.87. The maximum atomic E-state index is 12.6. The average Bonchev–Trinajstić information content (AvgIpc) is 2.71. The van der Waals surface area contributed by atoms with Gasteiger partial charge in [-0.05, 0) is 61.5 Å². The lowest BCUT2D eigenvalue weighted by Gasteiger charge is -2.11. The van der Waals surface area contributed by atoms with E-state index < -0.39 is 16.0 Å². The Balaban J connectivity index is 1.75. The Morgan fingerprint density at radius 3 is 2.24 bits per heavy atom. The summed E-state index contributed by atoms with van der Waals surface area (Å²) in [4.78, 5) is 11.8. The number of para-hydroxylation sites is 1. The number of benzene rings is 3. The first-order valence-electron chi connectivity index (χ1n) is 8.71. The van der Waals surface area contributed by atoms with E-state index in [4.69, 9.17) is 21.1 Å². The lowest BCUT2D eigenvalue weighted by Crippen LogP contribution is -2.13. The van der Waals surface area contributed by atoms with E-state index in [0.717, 1.165) is 0 Å². The van der Waals surface area contributed by atoms with E-state index in [1.165, 1.54) is 30.3 Å². The zero-order valence-electron chi connectivity index (χ0n) is 15.5. The van der Waals surface area contributed by atoms with Crippen molar-refractivity contribution in [3.05, 3.63) is 83.4 Å². The molecule has 0 radical (unpaired) electrons. The Labute approximate surface area is 174 Å². The third-order valence-electron chi connectivity index (χ3n) is 3.84. The zero-order valence-corrected chi connectivity index (χ0v) is 17.0. The van der Waals surface area contributed by atoms with Crippen LogP contribution in [-0.4, -0.2) is 21.0 Å². The second kappa shape index (κ2) is 8.98. The molecule has 0 aliphatic carbocycles. The molecule has 29 heavy (non-hydrogen) atoms. The molecule has 0 heterocycles. The van der Waals surface area contributed by atoms with Crippen LogP contribution in [0.4, 0.5) is 5.69 Å². The summed E-state index contributed by atoms with van der Waals surface area (Å²) in [6.07, 6.45) is 0. The molecule has 0 fully saturated rings. The zero-order chi connectivity index (χ0) is 20.9. The first-order valence-corrected chi connectivity index (χ1v) is 10.6. The SMILES string of the molecule is CCOC(=O)c1ccc(NS(=O)(=O)c2ccc(Oc3ccccc3)cc2)c(Cl)c1. The molecule has 0 atom stereocenters. The van der Waals surface area contributed by atoms with Crippen LogP contribution in [0.3, 0.4) is 0 Å². The summed E-state index contributed by atoms with van der Waals surface area (Å²) in [6, 6.07) is 19.4. The Morgan fingerprint density at radius 2 is 1.62 bits per heavy atom. The third-order valence-corrected chi connectivity index (χ3v) is 5.53. The number of anilines is 1. The third kappa shape index (κ3) is 5.28. The van der Waals surface area contributed by atoms with Crippen LogP contribution in [0, 0.1) is 0 Å². The number of sulfonamides is 1. The molecular formula is C21H18ClNO5S. The molecule has 0 unspecified atom stereocenters. The van der Waals surface area contributed by atoms with Crippen molar-refractivity contribution in [3.63, 3.8) is 0 Å². The fourth-order valence-corrected chi connectivity index (χ4v) is 3.82. The van der Waals surface area contributed by atoms with E-state index in [9.17, 15) is 13.2 Å². The Bertz CT molecular complexity index is 1100. The van der Waals surface area contributed by atoms with E-state index >= 15 is 0 Å². The number of carbonyl (C=O) groups is 1. The van der Waals surface area contributed by atoms with Gasteiger partial charge in [-0.15, -0.1) is 0 Å². The highest BCUT2D eigenvalue weighted by Crippen LogP contribution is 2.27.